The molecular formula is C13H18N2O4. The highest BCUT2D eigenvalue weighted by molar-refractivity contribution is 5.77. The third-order valence-corrected chi connectivity index (χ3v) is 2.83. The molecule has 0 spiro atoms. The molecule has 0 bridgehead atoms. The normalized spacial score (nSPS) is 12.3. The van der Waals surface area contributed by atoms with Gasteiger partial charge in [-0.2, -0.15) is 0 Å². The maximum Gasteiger partial charge on any atom is 0.308 e. The van der Waals surface area contributed by atoms with Crippen LogP contribution in [0.5, 0.6) is 0 Å². The van der Waals surface area contributed by atoms with E-state index in [1.807, 2.05) is 17.0 Å². The summed E-state index contributed by atoms with van der Waals surface area (Å²) in [6, 6.07) is 3.81. The molecule has 1 atom stereocenters. The Bertz CT molecular complexity index is 422. The number of carbonyl (C=O) groups is 2. The van der Waals surface area contributed by atoms with Crippen molar-refractivity contribution >= 4 is 11.9 Å². The van der Waals surface area contributed by atoms with E-state index in [0.717, 1.165) is 12.0 Å². The predicted molar refractivity (Wildman–Crippen MR) is 68.8 cm³/mol. The fourth-order valence-corrected chi connectivity index (χ4v) is 1.78. The molecule has 0 saturated heterocycles. The topological polar surface area (TPSA) is 90.7 Å². The molecule has 0 saturated carbocycles. The lowest BCUT2D eigenvalue weighted by molar-refractivity contribution is -0.148. The van der Waals surface area contributed by atoms with Gasteiger partial charge in [0, 0.05) is 25.5 Å². The van der Waals surface area contributed by atoms with Gasteiger partial charge in [0.1, 0.15) is 0 Å². The summed E-state index contributed by atoms with van der Waals surface area (Å²) in [6.45, 7) is 0.903. The van der Waals surface area contributed by atoms with Crippen molar-refractivity contribution in [2.24, 2.45) is 5.92 Å². The van der Waals surface area contributed by atoms with Crippen LogP contribution in [0, 0.1) is 5.92 Å². The Balaban J connectivity index is 2.42. The number of aliphatic carboxylic acids is 2. The summed E-state index contributed by atoms with van der Waals surface area (Å²) < 4.78 is 0. The van der Waals surface area contributed by atoms with Crippen LogP contribution in [0.1, 0.15) is 12.0 Å². The van der Waals surface area contributed by atoms with Crippen LogP contribution in [0.15, 0.2) is 24.5 Å². The second-order valence-electron chi connectivity index (χ2n) is 4.50. The summed E-state index contributed by atoms with van der Waals surface area (Å²) in [6.07, 6.45) is 3.84. The maximum absolute atomic E-state index is 10.9. The van der Waals surface area contributed by atoms with Crippen molar-refractivity contribution in [2.45, 2.75) is 12.8 Å². The minimum atomic E-state index is -1.09. The zero-order valence-electron chi connectivity index (χ0n) is 10.8. The molecule has 0 radical (unpaired) electrons. The van der Waals surface area contributed by atoms with Gasteiger partial charge in [0.05, 0.1) is 12.3 Å². The van der Waals surface area contributed by atoms with Crippen molar-refractivity contribution < 1.29 is 19.8 Å². The lowest BCUT2D eigenvalue weighted by Gasteiger charge is -2.20. The van der Waals surface area contributed by atoms with Crippen LogP contribution < -0.4 is 0 Å². The van der Waals surface area contributed by atoms with E-state index in [2.05, 4.69) is 4.98 Å². The molecule has 1 heterocycles. The number of carboxylic acids is 2. The number of pyridine rings is 1. The molecule has 1 aromatic heterocycles. The van der Waals surface area contributed by atoms with Gasteiger partial charge in [-0.15, -0.1) is 0 Å². The molecule has 19 heavy (non-hydrogen) atoms. The monoisotopic (exact) mass is 266 g/mol. The summed E-state index contributed by atoms with van der Waals surface area (Å²) in [5.41, 5.74) is 1.12. The zero-order valence-corrected chi connectivity index (χ0v) is 10.8. The van der Waals surface area contributed by atoms with E-state index >= 15 is 0 Å². The van der Waals surface area contributed by atoms with E-state index in [4.69, 9.17) is 10.2 Å². The first-order chi connectivity index (χ1) is 8.99. The van der Waals surface area contributed by atoms with Gasteiger partial charge in [-0.25, -0.2) is 0 Å². The first-order valence-electron chi connectivity index (χ1n) is 6.01. The highest BCUT2D eigenvalue weighted by atomic mass is 16.4. The molecule has 1 rings (SSSR count). The minimum absolute atomic E-state index is 0.229. The molecule has 104 valence electrons. The number of aromatic nitrogens is 1. The van der Waals surface area contributed by atoms with Crippen LogP contribution in [0.3, 0.4) is 0 Å². The molecule has 2 N–H and O–H groups in total. The second-order valence-corrected chi connectivity index (χ2v) is 4.50. The Hall–Kier alpha value is -1.95. The Labute approximate surface area is 111 Å². The molecule has 6 nitrogen and oxygen atoms in total. The van der Waals surface area contributed by atoms with Crippen LogP contribution in [0.4, 0.5) is 0 Å². The summed E-state index contributed by atoms with van der Waals surface area (Å²) in [5, 5.41) is 17.6. The Morgan fingerprint density at radius 2 is 1.95 bits per heavy atom. The highest BCUT2D eigenvalue weighted by Crippen LogP contribution is 2.07. The molecule has 1 aromatic rings. The van der Waals surface area contributed by atoms with Crippen LogP contribution in [0.25, 0.3) is 0 Å². The SMILES string of the molecule is CN(CCc1ccncc1)CC(CC(=O)O)C(=O)O. The summed E-state index contributed by atoms with van der Waals surface area (Å²) >= 11 is 0. The quantitative estimate of drug-likeness (QED) is 0.721. The zero-order chi connectivity index (χ0) is 14.3. The van der Waals surface area contributed by atoms with Crippen molar-refractivity contribution in [3.05, 3.63) is 30.1 Å². The van der Waals surface area contributed by atoms with Gasteiger partial charge in [-0.1, -0.05) is 0 Å². The predicted octanol–water partition coefficient (Wildman–Crippen LogP) is 0.731. The third kappa shape index (κ3) is 5.96. The van der Waals surface area contributed by atoms with Crippen LogP contribution in [-0.4, -0.2) is 52.2 Å². The lowest BCUT2D eigenvalue weighted by atomic mass is 10.1. The standard InChI is InChI=1S/C13H18N2O4/c1-15(7-4-10-2-5-14-6-3-10)9-11(13(18)19)8-12(16)17/h2-3,5-6,11H,4,7-9H2,1H3,(H,16,17)(H,18,19). The molecule has 0 fully saturated rings. The average molecular weight is 266 g/mol. The summed E-state index contributed by atoms with van der Waals surface area (Å²) in [4.78, 5) is 27.3. The smallest absolute Gasteiger partial charge is 0.308 e. The lowest BCUT2D eigenvalue weighted by Crippen LogP contribution is -2.33. The Morgan fingerprint density at radius 3 is 2.47 bits per heavy atom. The second kappa shape index (κ2) is 7.48. The Kier molecular flexibility index (Phi) is 5.95. The van der Waals surface area contributed by atoms with E-state index in [-0.39, 0.29) is 13.0 Å². The number of hydrogen-bond acceptors (Lipinski definition) is 4. The molecule has 0 aromatic carbocycles. The van der Waals surface area contributed by atoms with Crippen LogP contribution in [0.2, 0.25) is 0 Å². The number of likely N-dealkylation sites (N-methyl/N-ethyl adjacent to an activating group) is 1. The molecule has 1 unspecified atom stereocenters. The van der Waals surface area contributed by atoms with Crippen LogP contribution >= 0.6 is 0 Å². The molecule has 0 aliphatic carbocycles. The first kappa shape index (κ1) is 15.1. The van der Waals surface area contributed by atoms with Gasteiger partial charge in [-0.3, -0.25) is 14.6 Å². The molecule has 6 heteroatoms. The van der Waals surface area contributed by atoms with Crippen molar-refractivity contribution in [3.63, 3.8) is 0 Å². The fourth-order valence-electron chi connectivity index (χ4n) is 1.78. The maximum atomic E-state index is 10.9. The third-order valence-electron chi connectivity index (χ3n) is 2.83. The van der Waals surface area contributed by atoms with Gasteiger partial charge in [-0.05, 0) is 31.2 Å². The van der Waals surface area contributed by atoms with E-state index in [9.17, 15) is 9.59 Å². The summed E-state index contributed by atoms with van der Waals surface area (Å²) in [5.74, 6) is -3.03. The number of hydrogen-bond donors (Lipinski definition) is 2. The van der Waals surface area contributed by atoms with E-state index in [0.29, 0.717) is 6.54 Å². The van der Waals surface area contributed by atoms with Crippen molar-refractivity contribution in [3.8, 4) is 0 Å². The van der Waals surface area contributed by atoms with Gasteiger partial charge in [0.25, 0.3) is 0 Å². The fraction of sp³-hybridized carbons (Fsp3) is 0.462. The minimum Gasteiger partial charge on any atom is -0.481 e. The summed E-state index contributed by atoms with van der Waals surface area (Å²) in [7, 11) is 1.79. The van der Waals surface area contributed by atoms with E-state index < -0.39 is 17.9 Å². The number of nitrogens with zero attached hydrogens (tertiary/aromatic N) is 2. The van der Waals surface area contributed by atoms with Crippen molar-refractivity contribution in [1.82, 2.24) is 9.88 Å². The van der Waals surface area contributed by atoms with Gasteiger partial charge in [0.2, 0.25) is 0 Å². The van der Waals surface area contributed by atoms with E-state index in [1.165, 1.54) is 0 Å². The molecule has 0 aliphatic rings. The molecular weight excluding hydrogens is 248 g/mol. The van der Waals surface area contributed by atoms with Gasteiger partial charge >= 0.3 is 11.9 Å². The first-order valence-corrected chi connectivity index (χ1v) is 6.01. The largest absolute Gasteiger partial charge is 0.481 e. The molecule has 0 amide bonds. The highest BCUT2D eigenvalue weighted by Gasteiger charge is 2.22. The number of rotatable bonds is 8. The van der Waals surface area contributed by atoms with Gasteiger partial charge < -0.3 is 15.1 Å². The molecule has 0 aliphatic heterocycles. The Morgan fingerprint density at radius 1 is 1.32 bits per heavy atom. The average Bonchev–Trinajstić information content (AvgIpc) is 2.36. The van der Waals surface area contributed by atoms with E-state index in [1.54, 1.807) is 19.4 Å². The van der Waals surface area contributed by atoms with Crippen molar-refractivity contribution in [1.29, 1.82) is 0 Å². The van der Waals surface area contributed by atoms with Gasteiger partial charge in [0.15, 0.2) is 0 Å². The van der Waals surface area contributed by atoms with Crippen LogP contribution in [-0.2, 0) is 16.0 Å². The van der Waals surface area contributed by atoms with Crippen molar-refractivity contribution in [2.75, 3.05) is 20.1 Å². The number of carboxylic acid groups (broad SMARTS) is 2.